The van der Waals surface area contributed by atoms with Crippen LogP contribution in [0.5, 0.6) is 0 Å². The molecule has 1 unspecified atom stereocenters. The number of carbonyl (C=O) groups excluding carboxylic acids is 1. The molecule has 0 saturated carbocycles. The van der Waals surface area contributed by atoms with Crippen molar-refractivity contribution in [2.24, 2.45) is 0 Å². The number of anilines is 1. The maximum Gasteiger partial charge on any atom is 0.225 e. The Bertz CT molecular complexity index is 887. The van der Waals surface area contributed by atoms with Gasteiger partial charge < -0.3 is 5.32 Å². The number of halogens is 1. The Kier molecular flexibility index (Phi) is 3.12. The standard InChI is InChI=1S/C19H14ClNO/c20-17-8-4-3-7-14(17)16-11-18(22)21-19-13-6-2-1-5-12(13)9-10-15(16)19/h1-10,16H,11H2,(H,21,22). The van der Waals surface area contributed by atoms with Gasteiger partial charge in [-0.2, -0.15) is 0 Å². The number of carbonyl (C=O) groups is 1. The lowest BCUT2D eigenvalue weighted by atomic mass is 9.83. The van der Waals surface area contributed by atoms with Crippen LogP contribution in [0.2, 0.25) is 5.02 Å². The van der Waals surface area contributed by atoms with Gasteiger partial charge in [0.15, 0.2) is 0 Å². The third kappa shape index (κ3) is 2.08. The molecule has 1 heterocycles. The molecule has 0 bridgehead atoms. The number of rotatable bonds is 1. The summed E-state index contributed by atoms with van der Waals surface area (Å²) < 4.78 is 0. The van der Waals surface area contributed by atoms with Crippen molar-refractivity contribution in [1.82, 2.24) is 0 Å². The summed E-state index contributed by atoms with van der Waals surface area (Å²) in [5, 5.41) is 5.95. The Hall–Kier alpha value is -2.32. The molecule has 0 fully saturated rings. The van der Waals surface area contributed by atoms with Crippen LogP contribution < -0.4 is 5.32 Å². The molecule has 0 spiro atoms. The molecule has 1 amide bonds. The highest BCUT2D eigenvalue weighted by molar-refractivity contribution is 6.31. The van der Waals surface area contributed by atoms with E-state index >= 15 is 0 Å². The van der Waals surface area contributed by atoms with Crippen LogP contribution in [0.1, 0.15) is 23.5 Å². The van der Waals surface area contributed by atoms with E-state index in [2.05, 4.69) is 23.5 Å². The molecule has 0 radical (unpaired) electrons. The van der Waals surface area contributed by atoms with Crippen LogP contribution in [-0.2, 0) is 4.79 Å². The van der Waals surface area contributed by atoms with Gasteiger partial charge in [-0.1, -0.05) is 66.2 Å². The molecule has 1 atom stereocenters. The summed E-state index contributed by atoms with van der Waals surface area (Å²) in [6.45, 7) is 0. The second-order valence-corrected chi connectivity index (χ2v) is 5.98. The summed E-state index contributed by atoms with van der Waals surface area (Å²) in [7, 11) is 0. The maximum atomic E-state index is 12.2. The fourth-order valence-electron chi connectivity index (χ4n) is 3.24. The van der Waals surface area contributed by atoms with Crippen molar-refractivity contribution in [1.29, 1.82) is 0 Å². The lowest BCUT2D eigenvalue weighted by molar-refractivity contribution is -0.116. The highest BCUT2D eigenvalue weighted by atomic mass is 35.5. The van der Waals surface area contributed by atoms with Crippen LogP contribution in [0.25, 0.3) is 10.8 Å². The zero-order valence-electron chi connectivity index (χ0n) is 11.8. The fraction of sp³-hybridized carbons (Fsp3) is 0.105. The van der Waals surface area contributed by atoms with Crippen LogP contribution in [0.4, 0.5) is 5.69 Å². The molecule has 4 rings (SSSR count). The first-order valence-electron chi connectivity index (χ1n) is 7.30. The normalized spacial score (nSPS) is 17.1. The smallest absolute Gasteiger partial charge is 0.225 e. The van der Waals surface area contributed by atoms with Gasteiger partial charge in [-0.05, 0) is 22.6 Å². The van der Waals surface area contributed by atoms with E-state index in [0.29, 0.717) is 11.4 Å². The minimum Gasteiger partial charge on any atom is -0.325 e. The van der Waals surface area contributed by atoms with Crippen molar-refractivity contribution >= 4 is 34.0 Å². The van der Waals surface area contributed by atoms with Crippen molar-refractivity contribution in [3.63, 3.8) is 0 Å². The molecular weight excluding hydrogens is 294 g/mol. The zero-order valence-corrected chi connectivity index (χ0v) is 12.6. The first-order valence-corrected chi connectivity index (χ1v) is 7.68. The van der Waals surface area contributed by atoms with Gasteiger partial charge in [0, 0.05) is 22.7 Å². The first-order chi connectivity index (χ1) is 10.7. The Morgan fingerprint density at radius 2 is 1.68 bits per heavy atom. The molecule has 1 aliphatic rings. The average molecular weight is 308 g/mol. The molecule has 0 saturated heterocycles. The predicted molar refractivity (Wildman–Crippen MR) is 90.5 cm³/mol. The summed E-state index contributed by atoms with van der Waals surface area (Å²) in [6, 6.07) is 20.1. The molecule has 0 aromatic heterocycles. The van der Waals surface area contributed by atoms with Gasteiger partial charge in [0.25, 0.3) is 0 Å². The Morgan fingerprint density at radius 1 is 0.909 bits per heavy atom. The molecule has 22 heavy (non-hydrogen) atoms. The van der Waals surface area contributed by atoms with E-state index in [1.54, 1.807) is 0 Å². The van der Waals surface area contributed by atoms with E-state index in [0.717, 1.165) is 27.6 Å². The molecule has 2 nitrogen and oxygen atoms in total. The van der Waals surface area contributed by atoms with Crippen molar-refractivity contribution in [3.8, 4) is 0 Å². The van der Waals surface area contributed by atoms with Gasteiger partial charge in [-0.25, -0.2) is 0 Å². The van der Waals surface area contributed by atoms with Gasteiger partial charge in [0.1, 0.15) is 0 Å². The Morgan fingerprint density at radius 3 is 2.55 bits per heavy atom. The largest absolute Gasteiger partial charge is 0.325 e. The maximum absolute atomic E-state index is 12.2. The minimum atomic E-state index is 0.00190. The topological polar surface area (TPSA) is 29.1 Å². The summed E-state index contributed by atoms with van der Waals surface area (Å²) in [5.41, 5.74) is 3.06. The Labute approximate surface area is 133 Å². The molecule has 3 aromatic carbocycles. The average Bonchev–Trinajstić information content (AvgIpc) is 2.54. The van der Waals surface area contributed by atoms with Gasteiger partial charge in [-0.3, -0.25) is 4.79 Å². The van der Waals surface area contributed by atoms with Crippen LogP contribution in [0.3, 0.4) is 0 Å². The van der Waals surface area contributed by atoms with Gasteiger partial charge in [0.05, 0.1) is 5.69 Å². The quantitative estimate of drug-likeness (QED) is 0.676. The second-order valence-electron chi connectivity index (χ2n) is 5.58. The van der Waals surface area contributed by atoms with Crippen LogP contribution in [0.15, 0.2) is 60.7 Å². The molecule has 1 aliphatic heterocycles. The highest BCUT2D eigenvalue weighted by Crippen LogP contribution is 2.42. The van der Waals surface area contributed by atoms with E-state index in [9.17, 15) is 4.79 Å². The van der Waals surface area contributed by atoms with E-state index in [4.69, 9.17) is 11.6 Å². The number of nitrogens with one attached hydrogen (secondary N) is 1. The lowest BCUT2D eigenvalue weighted by Gasteiger charge is -2.27. The number of hydrogen-bond acceptors (Lipinski definition) is 1. The highest BCUT2D eigenvalue weighted by Gasteiger charge is 2.28. The number of fused-ring (bicyclic) bond motifs is 3. The summed E-state index contributed by atoms with van der Waals surface area (Å²) in [4.78, 5) is 12.2. The van der Waals surface area contributed by atoms with E-state index in [1.807, 2.05) is 42.5 Å². The van der Waals surface area contributed by atoms with Crippen molar-refractivity contribution in [2.75, 3.05) is 5.32 Å². The third-order valence-corrected chi connectivity index (χ3v) is 4.62. The molecule has 3 heteroatoms. The van der Waals surface area contributed by atoms with E-state index in [-0.39, 0.29) is 11.8 Å². The second kappa shape index (κ2) is 5.15. The van der Waals surface area contributed by atoms with Gasteiger partial charge in [-0.15, -0.1) is 0 Å². The lowest BCUT2D eigenvalue weighted by Crippen LogP contribution is -2.23. The monoisotopic (exact) mass is 307 g/mol. The summed E-state index contributed by atoms with van der Waals surface area (Å²) in [5.74, 6) is 0.0378. The minimum absolute atomic E-state index is 0.00190. The third-order valence-electron chi connectivity index (χ3n) is 4.27. The molecule has 0 aliphatic carbocycles. The van der Waals surface area contributed by atoms with Crippen molar-refractivity contribution in [3.05, 3.63) is 76.8 Å². The fourth-order valence-corrected chi connectivity index (χ4v) is 3.51. The van der Waals surface area contributed by atoms with Gasteiger partial charge >= 0.3 is 0 Å². The predicted octanol–water partition coefficient (Wildman–Crippen LogP) is 4.97. The zero-order chi connectivity index (χ0) is 15.1. The summed E-state index contributed by atoms with van der Waals surface area (Å²) in [6.07, 6.45) is 0.426. The summed E-state index contributed by atoms with van der Waals surface area (Å²) >= 11 is 6.36. The van der Waals surface area contributed by atoms with Crippen LogP contribution in [-0.4, -0.2) is 5.91 Å². The SMILES string of the molecule is O=C1CC(c2ccccc2Cl)c2ccc3ccccc3c2N1. The number of amides is 1. The molecule has 108 valence electrons. The van der Waals surface area contributed by atoms with E-state index in [1.165, 1.54) is 0 Å². The number of hydrogen-bond donors (Lipinski definition) is 1. The Balaban J connectivity index is 1.97. The van der Waals surface area contributed by atoms with Crippen LogP contribution in [0, 0.1) is 0 Å². The van der Waals surface area contributed by atoms with Crippen molar-refractivity contribution in [2.45, 2.75) is 12.3 Å². The van der Waals surface area contributed by atoms with Crippen molar-refractivity contribution < 1.29 is 4.79 Å². The molecule has 3 aromatic rings. The number of benzene rings is 3. The first kappa shape index (κ1) is 13.4. The molecular formula is C19H14ClNO. The van der Waals surface area contributed by atoms with E-state index < -0.39 is 0 Å². The van der Waals surface area contributed by atoms with Crippen LogP contribution >= 0.6 is 11.6 Å². The molecule has 1 N–H and O–H groups in total. The van der Waals surface area contributed by atoms with Gasteiger partial charge in [0.2, 0.25) is 5.91 Å².